The lowest BCUT2D eigenvalue weighted by Crippen LogP contribution is -2.40. The van der Waals surface area contributed by atoms with Gasteiger partial charge in [0, 0.05) is 24.8 Å². The molecule has 0 aromatic heterocycles. The minimum atomic E-state index is -4.45. The number of esters is 2. The van der Waals surface area contributed by atoms with E-state index in [0.717, 1.165) is 18.2 Å². The number of ether oxygens (including phenoxy) is 3. The Bertz CT molecular complexity index is 1670. The molecule has 6 atom stereocenters. The highest BCUT2D eigenvalue weighted by Crippen LogP contribution is 2.36. The van der Waals surface area contributed by atoms with Gasteiger partial charge in [-0.1, -0.05) is 48.6 Å². The van der Waals surface area contributed by atoms with Crippen molar-refractivity contribution in [2.75, 3.05) is 20.3 Å². The molecule has 1 fully saturated rings. The van der Waals surface area contributed by atoms with Crippen LogP contribution in [0.5, 0.6) is 11.5 Å². The molecule has 0 spiro atoms. The Hall–Kier alpha value is -4.62. The van der Waals surface area contributed by atoms with Crippen molar-refractivity contribution < 1.29 is 72.3 Å². The van der Waals surface area contributed by atoms with E-state index in [1.807, 2.05) is 12.2 Å². The number of carbonyl (C=O) groups excluding carboxylic acids is 3. The first-order chi connectivity index (χ1) is 26.6. The maximum absolute atomic E-state index is 13.0. The largest absolute Gasteiger partial charge is 0.493 e. The summed E-state index contributed by atoms with van der Waals surface area (Å²) in [6.45, 7) is 0.958. The molecule has 0 aliphatic heterocycles. The van der Waals surface area contributed by atoms with Crippen LogP contribution in [0.1, 0.15) is 62.1 Å². The maximum atomic E-state index is 13.0. The van der Waals surface area contributed by atoms with Crippen LogP contribution < -0.4 is 14.8 Å². The van der Waals surface area contributed by atoms with E-state index in [4.69, 9.17) is 24.6 Å². The van der Waals surface area contributed by atoms with E-state index in [9.17, 15) is 42.9 Å². The quantitative estimate of drug-likeness (QED) is 0.0253. The minimum absolute atomic E-state index is 0.0843. The topological polar surface area (TPSA) is 205 Å². The normalized spacial score (nSPS) is 19.8. The van der Waals surface area contributed by atoms with Gasteiger partial charge < -0.3 is 34.8 Å². The summed E-state index contributed by atoms with van der Waals surface area (Å²) in [4.78, 5) is 41.3. The summed E-state index contributed by atoms with van der Waals surface area (Å²) in [6, 6.07) is 8.48. The van der Waals surface area contributed by atoms with E-state index in [2.05, 4.69) is 10.2 Å². The summed E-state index contributed by atoms with van der Waals surface area (Å²) in [7, 11) is 1.36. The average Bonchev–Trinajstić information content (AvgIpc) is 3.42. The van der Waals surface area contributed by atoms with E-state index >= 15 is 0 Å². The van der Waals surface area contributed by atoms with Crippen molar-refractivity contribution in [3.8, 4) is 11.5 Å². The van der Waals surface area contributed by atoms with Gasteiger partial charge in [-0.15, -0.1) is 0 Å². The van der Waals surface area contributed by atoms with E-state index < -0.39 is 59.3 Å². The van der Waals surface area contributed by atoms with Gasteiger partial charge in [0.25, 0.3) is 0 Å². The fourth-order valence-corrected chi connectivity index (χ4v) is 5.94. The van der Waals surface area contributed by atoms with Crippen LogP contribution >= 0.6 is 0 Å². The third-order valence-electron chi connectivity index (χ3n) is 8.88. The lowest BCUT2D eigenvalue weighted by molar-refractivity contribution is -0.493. The number of amides is 1. The Balaban J connectivity index is 1.39. The molecule has 0 bridgehead atoms. The van der Waals surface area contributed by atoms with Crippen molar-refractivity contribution in [1.82, 2.24) is 10.7 Å². The highest BCUT2D eigenvalue weighted by molar-refractivity contribution is 5.87. The maximum Gasteiger partial charge on any atom is 0.416 e. The zero-order chi connectivity index (χ0) is 41.3. The van der Waals surface area contributed by atoms with Crippen molar-refractivity contribution in [1.29, 1.82) is 0 Å². The molecule has 1 saturated carbocycles. The number of carbonyl (C=O) groups is 3. The van der Waals surface area contributed by atoms with E-state index in [1.54, 1.807) is 18.2 Å². The van der Waals surface area contributed by atoms with Crippen LogP contribution in [0.25, 0.3) is 6.08 Å². The molecule has 56 heavy (non-hydrogen) atoms. The summed E-state index contributed by atoms with van der Waals surface area (Å²) >= 11 is 0. The van der Waals surface area contributed by atoms with Gasteiger partial charge in [-0.05, 0) is 80.3 Å². The molecule has 2 aromatic rings. The van der Waals surface area contributed by atoms with Gasteiger partial charge in [0.15, 0.2) is 11.5 Å². The first kappa shape index (κ1) is 45.8. The van der Waals surface area contributed by atoms with Gasteiger partial charge >= 0.3 is 18.1 Å². The average molecular weight is 795 g/mol. The fourth-order valence-electron chi connectivity index (χ4n) is 5.94. The number of hydrogen-bond donors (Lipinski definition) is 6. The Kier molecular flexibility index (Phi) is 18.6. The van der Waals surface area contributed by atoms with Gasteiger partial charge in [0.1, 0.15) is 19.3 Å². The molecule has 1 aliphatic carbocycles. The van der Waals surface area contributed by atoms with Crippen molar-refractivity contribution in [2.45, 2.75) is 82.4 Å². The molecule has 17 heteroatoms. The number of aliphatic hydroxyl groups is 3. The summed E-state index contributed by atoms with van der Waals surface area (Å²) in [5.74, 6) is -2.31. The summed E-state index contributed by atoms with van der Waals surface area (Å²) < 4.78 is 54.5. The molecule has 14 nitrogen and oxygen atoms in total. The Morgan fingerprint density at radius 3 is 2.52 bits per heavy atom. The predicted octanol–water partition coefficient (Wildman–Crippen LogP) is 4.72. The molecule has 0 saturated heterocycles. The number of hydrogen-bond acceptors (Lipinski definition) is 13. The van der Waals surface area contributed by atoms with Crippen LogP contribution in [0, 0.1) is 11.8 Å². The molecule has 3 rings (SSSR count). The van der Waals surface area contributed by atoms with Gasteiger partial charge in [0.2, 0.25) is 5.91 Å². The second-order valence-electron chi connectivity index (χ2n) is 13.1. The first-order valence-electron chi connectivity index (χ1n) is 18.0. The van der Waals surface area contributed by atoms with Gasteiger partial charge in [-0.2, -0.15) is 13.2 Å². The molecule has 0 heterocycles. The number of aryl methyl sites for hydroxylation is 1. The van der Waals surface area contributed by atoms with Crippen LogP contribution in [-0.4, -0.2) is 93.6 Å². The summed E-state index contributed by atoms with van der Waals surface area (Å²) in [5.41, 5.74) is 0.210. The van der Waals surface area contributed by atoms with E-state index in [1.165, 1.54) is 44.4 Å². The standard InChI is InChI=1S/C39H49F3N2O12/c1-25(38(50)56-34-18-13-27(23-35(34)53-2)14-19-37(49)54-20-21-55-44(51)52)43-36(48)11-6-4-3-5-10-30-31(33(47)24-32(30)46)17-16-29(45)15-12-26-8-7-9-28(22-26)39(40,41)42/h3,5,7-9,13-14,16-19,22-23,25,29-33,45-47,51-52H,4,6,10-12,15,20-21,24H2,1-2H3,(H,43,48)/b5-3-,17-16+,19-14+/t25?,29-,30+,31+,32-,33+/m0/s1. The summed E-state index contributed by atoms with van der Waals surface area (Å²) in [6.07, 6.45) is 4.56. The zero-order valence-electron chi connectivity index (χ0n) is 31.0. The lowest BCUT2D eigenvalue weighted by Gasteiger charge is -2.19. The number of allylic oxidation sites excluding steroid dienone is 2. The molecule has 1 unspecified atom stereocenters. The number of nitrogens with zero attached hydrogens (tertiary/aromatic N) is 1. The Morgan fingerprint density at radius 1 is 1.04 bits per heavy atom. The molecule has 0 radical (unpaired) electrons. The predicted molar refractivity (Wildman–Crippen MR) is 194 cm³/mol. The number of nitrogens with one attached hydrogen (secondary N) is 1. The van der Waals surface area contributed by atoms with Gasteiger partial charge in [-0.25, -0.2) is 14.4 Å². The van der Waals surface area contributed by atoms with Crippen molar-refractivity contribution >= 4 is 23.9 Å². The number of benzene rings is 2. The zero-order valence-corrected chi connectivity index (χ0v) is 31.0. The van der Waals surface area contributed by atoms with E-state index in [-0.39, 0.29) is 62.2 Å². The number of unbranched alkanes of at least 4 members (excludes halogenated alkanes) is 1. The molecule has 308 valence electrons. The third kappa shape index (κ3) is 15.9. The van der Waals surface area contributed by atoms with Crippen LogP contribution in [0.2, 0.25) is 0 Å². The Morgan fingerprint density at radius 2 is 1.80 bits per heavy atom. The molecule has 6 N–H and O–H groups in total. The molecule has 1 amide bonds. The monoisotopic (exact) mass is 794 g/mol. The SMILES string of the molecule is COc1cc(/C=C/C(=O)OCCON(O)O)ccc1OC(=O)C(C)NC(=O)CCC/C=C\C[C@@H]1[C@@H](/C=C/[C@@H](O)CCc2cccc(C(F)(F)F)c2)[C@H](O)C[C@@H]1O. The second kappa shape index (κ2) is 22.8. The molecular weight excluding hydrogens is 745 g/mol. The smallest absolute Gasteiger partial charge is 0.416 e. The molecule has 2 aromatic carbocycles. The first-order valence-corrected chi connectivity index (χ1v) is 18.0. The number of aliphatic hydroxyl groups excluding tert-OH is 3. The number of rotatable bonds is 21. The third-order valence-corrected chi connectivity index (χ3v) is 8.88. The lowest BCUT2D eigenvalue weighted by atomic mass is 9.89. The highest BCUT2D eigenvalue weighted by Gasteiger charge is 2.39. The van der Waals surface area contributed by atoms with Gasteiger partial charge in [-0.3, -0.25) is 15.2 Å². The van der Waals surface area contributed by atoms with Crippen LogP contribution in [0.15, 0.2) is 72.8 Å². The van der Waals surface area contributed by atoms with Gasteiger partial charge in [0.05, 0.1) is 36.4 Å². The van der Waals surface area contributed by atoms with Crippen molar-refractivity contribution in [3.05, 3.63) is 89.5 Å². The number of alkyl halides is 3. The van der Waals surface area contributed by atoms with E-state index in [0.29, 0.717) is 30.4 Å². The highest BCUT2D eigenvalue weighted by atomic mass is 19.4. The van der Waals surface area contributed by atoms with Crippen molar-refractivity contribution in [3.63, 3.8) is 0 Å². The fraction of sp³-hybridized carbons (Fsp3) is 0.462. The number of methoxy groups -OCH3 is 1. The minimum Gasteiger partial charge on any atom is -0.493 e. The summed E-state index contributed by atoms with van der Waals surface area (Å²) in [5, 5.41) is 50.5. The molecular formula is C39H49F3N2O12. The van der Waals surface area contributed by atoms with Crippen LogP contribution in [0.3, 0.4) is 0 Å². The van der Waals surface area contributed by atoms with Crippen LogP contribution in [-0.2, 0) is 36.6 Å². The Labute approximate surface area is 322 Å². The van der Waals surface area contributed by atoms with Crippen LogP contribution in [0.4, 0.5) is 13.2 Å². The number of halogens is 3. The van der Waals surface area contributed by atoms with Crippen molar-refractivity contribution in [2.24, 2.45) is 11.8 Å². The molecule has 1 aliphatic rings. The second-order valence-corrected chi connectivity index (χ2v) is 13.1.